The van der Waals surface area contributed by atoms with Gasteiger partial charge in [0.25, 0.3) is 0 Å². The first-order valence-corrected chi connectivity index (χ1v) is 6.10. The molecule has 0 aromatic rings. The normalized spacial score (nSPS) is 13.4. The van der Waals surface area contributed by atoms with E-state index >= 15 is 0 Å². The lowest BCUT2D eigenvalue weighted by molar-refractivity contribution is -0.00129. The molecule has 15 heavy (non-hydrogen) atoms. The minimum absolute atomic E-state index is 0.326. The van der Waals surface area contributed by atoms with Gasteiger partial charge in [0.15, 0.2) is 0 Å². The van der Waals surface area contributed by atoms with Gasteiger partial charge in [-0.3, -0.25) is 0 Å². The first-order valence-electron chi connectivity index (χ1n) is 6.10. The quantitative estimate of drug-likeness (QED) is 0.568. The Morgan fingerprint density at radius 1 is 1.13 bits per heavy atom. The van der Waals surface area contributed by atoms with E-state index in [2.05, 4.69) is 33.0 Å². The van der Waals surface area contributed by atoms with Crippen LogP contribution >= 0.6 is 0 Å². The van der Waals surface area contributed by atoms with Gasteiger partial charge < -0.3 is 14.8 Å². The van der Waals surface area contributed by atoms with Gasteiger partial charge in [0.2, 0.25) is 0 Å². The lowest BCUT2D eigenvalue weighted by Gasteiger charge is -2.16. The summed E-state index contributed by atoms with van der Waals surface area (Å²) in [6.07, 6.45) is 1.38. The first kappa shape index (κ1) is 14.9. The Balaban J connectivity index is 3.30. The van der Waals surface area contributed by atoms with Gasteiger partial charge in [-0.2, -0.15) is 0 Å². The smallest absolute Gasteiger partial charge is 0.0704 e. The van der Waals surface area contributed by atoms with Crippen molar-refractivity contribution in [1.82, 2.24) is 5.32 Å². The monoisotopic (exact) mass is 217 g/mol. The summed E-state index contributed by atoms with van der Waals surface area (Å²) in [4.78, 5) is 0. The molecule has 1 N–H and O–H groups in total. The third-order valence-corrected chi connectivity index (χ3v) is 2.11. The number of nitrogens with one attached hydrogen (secondary N) is 1. The average molecular weight is 217 g/mol. The molecule has 0 aromatic heterocycles. The van der Waals surface area contributed by atoms with Gasteiger partial charge in [-0.25, -0.2) is 0 Å². The maximum absolute atomic E-state index is 5.69. The zero-order valence-corrected chi connectivity index (χ0v) is 10.7. The van der Waals surface area contributed by atoms with Crippen LogP contribution in [0.3, 0.4) is 0 Å². The molecule has 0 amide bonds. The Bertz CT molecular complexity index is 129. The van der Waals surface area contributed by atoms with Gasteiger partial charge in [0.1, 0.15) is 0 Å². The van der Waals surface area contributed by atoms with Crippen LogP contribution in [0.25, 0.3) is 0 Å². The topological polar surface area (TPSA) is 30.5 Å². The molecule has 0 radical (unpaired) electrons. The molecule has 0 aliphatic rings. The summed E-state index contributed by atoms with van der Waals surface area (Å²) in [5.74, 6) is 0.605. The highest BCUT2D eigenvalue weighted by atomic mass is 16.5. The van der Waals surface area contributed by atoms with Crippen molar-refractivity contribution < 1.29 is 9.47 Å². The number of rotatable bonds is 10. The molecule has 3 nitrogen and oxygen atoms in total. The predicted molar refractivity (Wildman–Crippen MR) is 64.2 cm³/mol. The largest absolute Gasteiger partial charge is 0.379 e. The number of likely N-dealkylation sites (N-methyl/N-ethyl adjacent to an activating group) is 1. The second-order valence-electron chi connectivity index (χ2n) is 4.18. The summed E-state index contributed by atoms with van der Waals surface area (Å²) < 4.78 is 11.1. The third kappa shape index (κ3) is 10.2. The molecular weight excluding hydrogens is 190 g/mol. The number of ether oxygens (including phenoxy) is 2. The minimum Gasteiger partial charge on any atom is -0.379 e. The lowest BCUT2D eigenvalue weighted by atomic mass is 10.2. The Hall–Kier alpha value is -0.120. The maximum atomic E-state index is 5.69. The molecule has 0 saturated carbocycles. The van der Waals surface area contributed by atoms with Crippen molar-refractivity contribution in [2.24, 2.45) is 5.92 Å². The predicted octanol–water partition coefficient (Wildman–Crippen LogP) is 2.06. The van der Waals surface area contributed by atoms with Crippen LogP contribution < -0.4 is 5.32 Å². The Kier molecular flexibility index (Phi) is 10.3. The summed E-state index contributed by atoms with van der Waals surface area (Å²) in [6, 6.07) is 0. The highest BCUT2D eigenvalue weighted by molar-refractivity contribution is 4.58. The highest BCUT2D eigenvalue weighted by Gasteiger charge is 2.04. The zero-order valence-electron chi connectivity index (χ0n) is 10.7. The summed E-state index contributed by atoms with van der Waals surface area (Å²) in [6.45, 7) is 12.8. The third-order valence-electron chi connectivity index (χ3n) is 2.11. The Labute approximate surface area is 94.5 Å². The van der Waals surface area contributed by atoms with Gasteiger partial charge in [-0.05, 0) is 18.9 Å². The molecule has 0 saturated heterocycles. The zero-order chi connectivity index (χ0) is 11.5. The fourth-order valence-corrected chi connectivity index (χ4v) is 1.22. The van der Waals surface area contributed by atoms with Gasteiger partial charge in [-0.15, -0.1) is 0 Å². The average Bonchev–Trinajstić information content (AvgIpc) is 2.21. The van der Waals surface area contributed by atoms with Crippen LogP contribution in [0, 0.1) is 5.92 Å². The van der Waals surface area contributed by atoms with Crippen molar-refractivity contribution in [3.8, 4) is 0 Å². The van der Waals surface area contributed by atoms with E-state index < -0.39 is 0 Å². The van der Waals surface area contributed by atoms with Gasteiger partial charge in [0, 0.05) is 13.2 Å². The van der Waals surface area contributed by atoms with Gasteiger partial charge in [-0.1, -0.05) is 27.7 Å². The molecule has 1 atom stereocenters. The van der Waals surface area contributed by atoms with E-state index in [1.54, 1.807) is 0 Å². The fraction of sp³-hybridized carbons (Fsp3) is 1.00. The summed E-state index contributed by atoms with van der Waals surface area (Å²) in [5.41, 5.74) is 0. The van der Waals surface area contributed by atoms with Crippen molar-refractivity contribution in [2.75, 3.05) is 32.9 Å². The van der Waals surface area contributed by atoms with E-state index in [-0.39, 0.29) is 0 Å². The Morgan fingerprint density at radius 2 is 1.87 bits per heavy atom. The van der Waals surface area contributed by atoms with Crippen molar-refractivity contribution in [3.05, 3.63) is 0 Å². The molecule has 0 heterocycles. The lowest BCUT2D eigenvalue weighted by Crippen LogP contribution is -2.29. The van der Waals surface area contributed by atoms with Crippen molar-refractivity contribution >= 4 is 0 Å². The van der Waals surface area contributed by atoms with E-state index in [0.29, 0.717) is 25.2 Å². The van der Waals surface area contributed by atoms with Crippen LogP contribution in [0.15, 0.2) is 0 Å². The summed E-state index contributed by atoms with van der Waals surface area (Å²) in [5, 5.41) is 3.29. The molecule has 0 aliphatic heterocycles. The molecule has 0 rings (SSSR count). The SMILES string of the molecule is CCNCC(CC)OCCOCC(C)C. The van der Waals surface area contributed by atoms with Gasteiger partial charge >= 0.3 is 0 Å². The van der Waals surface area contributed by atoms with Crippen LogP contribution in [-0.2, 0) is 9.47 Å². The van der Waals surface area contributed by atoms with Crippen LogP contribution in [0.4, 0.5) is 0 Å². The standard InChI is InChI=1S/C12H27NO2/c1-5-12(9-13-6-2)15-8-7-14-10-11(3)4/h11-13H,5-10H2,1-4H3. The molecular formula is C12H27NO2. The number of hydrogen-bond donors (Lipinski definition) is 1. The molecule has 3 heteroatoms. The number of hydrogen-bond acceptors (Lipinski definition) is 3. The molecule has 92 valence electrons. The van der Waals surface area contributed by atoms with Crippen molar-refractivity contribution in [3.63, 3.8) is 0 Å². The van der Waals surface area contributed by atoms with Gasteiger partial charge in [0.05, 0.1) is 19.3 Å². The van der Waals surface area contributed by atoms with Crippen LogP contribution in [0.5, 0.6) is 0 Å². The summed E-state index contributed by atoms with van der Waals surface area (Å²) >= 11 is 0. The first-order chi connectivity index (χ1) is 7.20. The molecule has 0 fully saturated rings. The van der Waals surface area contributed by atoms with Crippen LogP contribution in [0.1, 0.15) is 34.1 Å². The second kappa shape index (κ2) is 10.4. The van der Waals surface area contributed by atoms with Crippen LogP contribution in [-0.4, -0.2) is 39.0 Å². The molecule has 0 aromatic carbocycles. The minimum atomic E-state index is 0.326. The van der Waals surface area contributed by atoms with E-state index in [9.17, 15) is 0 Å². The molecule has 0 aliphatic carbocycles. The summed E-state index contributed by atoms with van der Waals surface area (Å²) in [7, 11) is 0. The van der Waals surface area contributed by atoms with E-state index in [4.69, 9.17) is 9.47 Å². The highest BCUT2D eigenvalue weighted by Crippen LogP contribution is 1.97. The molecule has 0 spiro atoms. The second-order valence-corrected chi connectivity index (χ2v) is 4.18. The fourth-order valence-electron chi connectivity index (χ4n) is 1.22. The molecule has 0 bridgehead atoms. The van der Waals surface area contributed by atoms with E-state index in [0.717, 1.165) is 26.1 Å². The van der Waals surface area contributed by atoms with E-state index in [1.165, 1.54) is 0 Å². The van der Waals surface area contributed by atoms with Crippen molar-refractivity contribution in [1.29, 1.82) is 0 Å². The van der Waals surface area contributed by atoms with E-state index in [1.807, 2.05) is 0 Å². The Morgan fingerprint density at radius 3 is 2.40 bits per heavy atom. The maximum Gasteiger partial charge on any atom is 0.0704 e. The van der Waals surface area contributed by atoms with Crippen molar-refractivity contribution in [2.45, 2.75) is 40.2 Å². The molecule has 1 unspecified atom stereocenters. The van der Waals surface area contributed by atoms with Crippen LogP contribution in [0.2, 0.25) is 0 Å².